The number of hydrogen-bond donors (Lipinski definition) is 3. The van der Waals surface area contributed by atoms with Crippen LogP contribution >= 0.6 is 7.82 Å². The molecular weight excluding hydrogens is 251 g/mol. The van der Waals surface area contributed by atoms with Gasteiger partial charge >= 0.3 is 14.0 Å². The van der Waals surface area contributed by atoms with Crippen LogP contribution in [0.25, 0.3) is 0 Å². The maximum Gasteiger partial charge on any atom is 0.508 e. The van der Waals surface area contributed by atoms with Crippen LogP contribution < -0.4 is 0 Å². The van der Waals surface area contributed by atoms with Crippen molar-refractivity contribution < 1.29 is 33.5 Å². The Hall–Kier alpha value is -0.620. The van der Waals surface area contributed by atoms with Gasteiger partial charge in [0, 0.05) is 0 Å². The zero-order valence-corrected chi connectivity index (χ0v) is 10.6. The van der Waals surface area contributed by atoms with Crippen LogP contribution in [0.5, 0.6) is 0 Å². The molecule has 1 aliphatic rings. The minimum Gasteiger partial charge on any atom is -0.434 e. The largest absolute Gasteiger partial charge is 0.508 e. The van der Waals surface area contributed by atoms with E-state index in [1.807, 2.05) is 6.92 Å². The fraction of sp³-hybridized carbons (Fsp3) is 0.889. The van der Waals surface area contributed by atoms with Crippen molar-refractivity contribution in [3.8, 4) is 0 Å². The summed E-state index contributed by atoms with van der Waals surface area (Å²) in [6.07, 6.45) is 4.82. The van der Waals surface area contributed by atoms with Crippen LogP contribution in [0, 0.1) is 0 Å². The number of carbonyl (C=O) groups is 1. The van der Waals surface area contributed by atoms with Crippen molar-refractivity contribution in [1.82, 2.24) is 0 Å². The standard InChI is InChI=1S/C9H16O3.H3O4P/c1-2-7-11-9(10)12-8-5-3-4-6-8;1-5(2,3)4/h8H,2-7H2,1H3;(H3,1,2,3,4). The minimum atomic E-state index is -4.64. The molecule has 0 heterocycles. The Labute approximate surface area is 100.0 Å². The van der Waals surface area contributed by atoms with E-state index in [-0.39, 0.29) is 6.10 Å². The van der Waals surface area contributed by atoms with Crippen molar-refractivity contribution in [3.05, 3.63) is 0 Å². The highest BCUT2D eigenvalue weighted by molar-refractivity contribution is 7.45. The summed E-state index contributed by atoms with van der Waals surface area (Å²) < 4.78 is 18.7. The lowest BCUT2D eigenvalue weighted by Crippen LogP contribution is -2.16. The van der Waals surface area contributed by atoms with Crippen molar-refractivity contribution in [2.45, 2.75) is 45.1 Å². The van der Waals surface area contributed by atoms with Gasteiger partial charge in [-0.05, 0) is 32.1 Å². The number of phosphoric acid groups is 1. The molecule has 0 aromatic heterocycles. The van der Waals surface area contributed by atoms with Crippen LogP contribution in [0.15, 0.2) is 0 Å². The lowest BCUT2D eigenvalue weighted by molar-refractivity contribution is 0.0258. The molecule has 0 aromatic carbocycles. The third-order valence-electron chi connectivity index (χ3n) is 1.99. The normalized spacial score (nSPS) is 16.0. The summed E-state index contributed by atoms with van der Waals surface area (Å²) in [6, 6.07) is 0. The second-order valence-electron chi connectivity index (χ2n) is 3.64. The molecule has 0 spiro atoms. The van der Waals surface area contributed by atoms with E-state index in [9.17, 15) is 4.79 Å². The van der Waals surface area contributed by atoms with Crippen LogP contribution in [-0.4, -0.2) is 33.5 Å². The molecule has 7 nitrogen and oxygen atoms in total. The molecule has 1 aliphatic carbocycles. The fourth-order valence-electron chi connectivity index (χ4n) is 1.36. The van der Waals surface area contributed by atoms with Crippen LogP contribution in [0.2, 0.25) is 0 Å². The number of carbonyl (C=O) groups excluding carboxylic acids is 1. The Bertz CT molecular complexity index is 248. The number of hydrogen-bond acceptors (Lipinski definition) is 4. The van der Waals surface area contributed by atoms with E-state index in [1.165, 1.54) is 12.8 Å². The first-order chi connectivity index (χ1) is 7.83. The molecule has 0 unspecified atom stereocenters. The molecule has 1 fully saturated rings. The molecule has 0 aromatic rings. The Morgan fingerprint density at radius 3 is 2.18 bits per heavy atom. The summed E-state index contributed by atoms with van der Waals surface area (Å²) in [5, 5.41) is 0. The molecule has 8 heteroatoms. The topological polar surface area (TPSA) is 113 Å². The monoisotopic (exact) mass is 270 g/mol. The average Bonchev–Trinajstić information content (AvgIpc) is 2.64. The van der Waals surface area contributed by atoms with E-state index in [4.69, 9.17) is 28.7 Å². The van der Waals surface area contributed by atoms with Crippen LogP contribution in [-0.2, 0) is 14.0 Å². The van der Waals surface area contributed by atoms with Gasteiger partial charge in [-0.15, -0.1) is 0 Å². The summed E-state index contributed by atoms with van der Waals surface area (Å²) in [5.74, 6) is 0. The van der Waals surface area contributed by atoms with Gasteiger partial charge in [-0.3, -0.25) is 0 Å². The molecule has 0 amide bonds. The van der Waals surface area contributed by atoms with Gasteiger partial charge in [0.2, 0.25) is 0 Å². The second-order valence-corrected chi connectivity index (χ2v) is 4.66. The smallest absolute Gasteiger partial charge is 0.434 e. The van der Waals surface area contributed by atoms with E-state index >= 15 is 0 Å². The molecular formula is C9H19O7P. The molecule has 0 radical (unpaired) electrons. The predicted molar refractivity (Wildman–Crippen MR) is 59.2 cm³/mol. The highest BCUT2D eigenvalue weighted by atomic mass is 31.2. The molecule has 102 valence electrons. The van der Waals surface area contributed by atoms with Crippen molar-refractivity contribution in [2.75, 3.05) is 6.61 Å². The van der Waals surface area contributed by atoms with E-state index < -0.39 is 14.0 Å². The van der Waals surface area contributed by atoms with Gasteiger partial charge in [-0.1, -0.05) is 6.92 Å². The molecule has 3 N–H and O–H groups in total. The Balaban J connectivity index is 0.000000437. The lowest BCUT2D eigenvalue weighted by Gasteiger charge is -2.10. The average molecular weight is 270 g/mol. The van der Waals surface area contributed by atoms with Gasteiger partial charge < -0.3 is 24.2 Å². The van der Waals surface area contributed by atoms with Gasteiger partial charge in [0.15, 0.2) is 0 Å². The first kappa shape index (κ1) is 16.4. The van der Waals surface area contributed by atoms with E-state index in [0.717, 1.165) is 19.3 Å². The van der Waals surface area contributed by atoms with Crippen molar-refractivity contribution in [2.24, 2.45) is 0 Å². The predicted octanol–water partition coefficient (Wildman–Crippen LogP) is 1.56. The first-order valence-corrected chi connectivity index (χ1v) is 7.01. The molecule has 17 heavy (non-hydrogen) atoms. The Morgan fingerprint density at radius 2 is 1.76 bits per heavy atom. The highest BCUT2D eigenvalue weighted by Crippen LogP contribution is 2.25. The summed E-state index contributed by atoms with van der Waals surface area (Å²) in [7, 11) is -4.64. The van der Waals surface area contributed by atoms with Gasteiger partial charge in [0.25, 0.3) is 0 Å². The number of rotatable bonds is 3. The molecule has 1 rings (SSSR count). The van der Waals surface area contributed by atoms with Gasteiger partial charge in [-0.25, -0.2) is 9.36 Å². The highest BCUT2D eigenvalue weighted by Gasteiger charge is 2.19. The van der Waals surface area contributed by atoms with Crippen LogP contribution in [0.4, 0.5) is 4.79 Å². The van der Waals surface area contributed by atoms with E-state index in [1.54, 1.807) is 0 Å². The van der Waals surface area contributed by atoms with Crippen molar-refractivity contribution in [3.63, 3.8) is 0 Å². The zero-order chi connectivity index (χ0) is 13.3. The first-order valence-electron chi connectivity index (χ1n) is 5.44. The SMILES string of the molecule is CCCOC(=O)OC1CCCC1.O=P(O)(O)O. The lowest BCUT2D eigenvalue weighted by atomic mass is 10.3. The van der Waals surface area contributed by atoms with E-state index in [0.29, 0.717) is 6.61 Å². The van der Waals surface area contributed by atoms with Crippen LogP contribution in [0.1, 0.15) is 39.0 Å². The van der Waals surface area contributed by atoms with E-state index in [2.05, 4.69) is 0 Å². The molecule has 1 saturated carbocycles. The quantitative estimate of drug-likeness (QED) is 0.526. The molecule has 0 atom stereocenters. The van der Waals surface area contributed by atoms with Crippen molar-refractivity contribution in [1.29, 1.82) is 0 Å². The fourth-order valence-corrected chi connectivity index (χ4v) is 1.36. The second kappa shape index (κ2) is 8.47. The van der Waals surface area contributed by atoms with Gasteiger partial charge in [-0.2, -0.15) is 0 Å². The van der Waals surface area contributed by atoms with Gasteiger partial charge in [0.05, 0.1) is 6.61 Å². The molecule has 0 saturated heterocycles. The third-order valence-corrected chi connectivity index (χ3v) is 1.99. The Kier molecular flexibility index (Phi) is 8.16. The van der Waals surface area contributed by atoms with Crippen molar-refractivity contribution >= 4 is 14.0 Å². The summed E-state index contributed by atoms with van der Waals surface area (Å²) >= 11 is 0. The minimum absolute atomic E-state index is 0.120. The maximum atomic E-state index is 10.9. The summed E-state index contributed by atoms with van der Waals surface area (Å²) in [4.78, 5) is 32.5. The third kappa shape index (κ3) is 13.3. The zero-order valence-electron chi connectivity index (χ0n) is 9.74. The maximum absolute atomic E-state index is 10.9. The molecule has 0 aliphatic heterocycles. The summed E-state index contributed by atoms with van der Waals surface area (Å²) in [5.41, 5.74) is 0. The molecule has 0 bridgehead atoms. The summed E-state index contributed by atoms with van der Waals surface area (Å²) in [6.45, 7) is 2.43. The van der Waals surface area contributed by atoms with Gasteiger partial charge in [0.1, 0.15) is 6.10 Å². The Morgan fingerprint density at radius 1 is 1.29 bits per heavy atom. The number of ether oxygens (including phenoxy) is 2. The van der Waals surface area contributed by atoms with Crippen LogP contribution in [0.3, 0.4) is 0 Å².